The van der Waals surface area contributed by atoms with Gasteiger partial charge < -0.3 is 25.4 Å². The zero-order valence-electron chi connectivity index (χ0n) is 20.8. The van der Waals surface area contributed by atoms with E-state index < -0.39 is 11.7 Å². The first-order chi connectivity index (χ1) is 16.0. The van der Waals surface area contributed by atoms with Gasteiger partial charge in [-0.1, -0.05) is 30.3 Å². The van der Waals surface area contributed by atoms with Gasteiger partial charge in [-0.25, -0.2) is 4.79 Å². The van der Waals surface area contributed by atoms with Gasteiger partial charge in [-0.2, -0.15) is 0 Å². The van der Waals surface area contributed by atoms with Crippen LogP contribution in [0.25, 0.3) is 0 Å². The summed E-state index contributed by atoms with van der Waals surface area (Å²) in [4.78, 5) is 36.4. The Labute approximate surface area is 201 Å². The van der Waals surface area contributed by atoms with Crippen molar-refractivity contribution in [2.24, 2.45) is 0 Å². The summed E-state index contributed by atoms with van der Waals surface area (Å²) in [6.07, 6.45) is -0.482. The summed E-state index contributed by atoms with van der Waals surface area (Å²) in [5, 5.41) is 8.21. The molecule has 0 aliphatic heterocycles. The van der Waals surface area contributed by atoms with Crippen LogP contribution in [-0.2, 0) is 20.9 Å². The predicted molar refractivity (Wildman–Crippen MR) is 132 cm³/mol. The molecule has 3 amide bonds. The fourth-order valence-electron chi connectivity index (χ4n) is 3.13. The molecule has 0 radical (unpaired) electrons. The predicted octanol–water partition coefficient (Wildman–Crippen LogP) is 4.16. The maximum absolute atomic E-state index is 12.4. The molecule has 0 aliphatic carbocycles. The molecule has 184 valence electrons. The minimum Gasteiger partial charge on any atom is -0.483 e. The third-order valence-corrected chi connectivity index (χ3v) is 5.01. The molecule has 0 unspecified atom stereocenters. The first-order valence-corrected chi connectivity index (χ1v) is 11.3. The van der Waals surface area contributed by atoms with Crippen molar-refractivity contribution < 1.29 is 23.9 Å². The third-order valence-electron chi connectivity index (χ3n) is 5.01. The Hall–Kier alpha value is -3.55. The average Bonchev–Trinajstić information content (AvgIpc) is 2.74. The highest BCUT2D eigenvalue weighted by atomic mass is 16.6. The van der Waals surface area contributed by atoms with Crippen molar-refractivity contribution in [2.45, 2.75) is 60.1 Å². The number of ether oxygens (including phenoxy) is 2. The largest absolute Gasteiger partial charge is 0.483 e. The van der Waals surface area contributed by atoms with E-state index in [2.05, 4.69) is 16.0 Å². The van der Waals surface area contributed by atoms with Gasteiger partial charge in [0.05, 0.1) is 0 Å². The number of hydrogen-bond donors (Lipinski definition) is 3. The molecule has 0 saturated heterocycles. The van der Waals surface area contributed by atoms with Gasteiger partial charge in [0.1, 0.15) is 11.4 Å². The molecule has 8 nitrogen and oxygen atoms in total. The lowest BCUT2D eigenvalue weighted by Gasteiger charge is -2.19. The summed E-state index contributed by atoms with van der Waals surface area (Å²) in [6.45, 7) is 11.5. The Kier molecular flexibility index (Phi) is 9.47. The molecule has 0 aliphatic rings. The molecule has 3 N–H and O–H groups in total. The number of carbonyl (C=O) groups is 3. The topological polar surface area (TPSA) is 106 Å². The minimum absolute atomic E-state index is 0.0863. The van der Waals surface area contributed by atoms with Crippen molar-refractivity contribution in [3.05, 3.63) is 58.7 Å². The van der Waals surface area contributed by atoms with Crippen LogP contribution in [-0.4, -0.2) is 36.7 Å². The lowest BCUT2D eigenvalue weighted by atomic mass is 10.1. The van der Waals surface area contributed by atoms with Crippen LogP contribution < -0.4 is 20.7 Å². The van der Waals surface area contributed by atoms with Crippen LogP contribution in [0.2, 0.25) is 0 Å². The Morgan fingerprint density at radius 1 is 0.882 bits per heavy atom. The Bertz CT molecular complexity index is 1030. The lowest BCUT2D eigenvalue weighted by Crippen LogP contribution is -2.34. The summed E-state index contributed by atoms with van der Waals surface area (Å²) in [5.74, 6) is 0.203. The first-order valence-electron chi connectivity index (χ1n) is 11.3. The molecule has 0 heterocycles. The van der Waals surface area contributed by atoms with Crippen LogP contribution in [0.5, 0.6) is 5.75 Å². The number of anilines is 1. The number of carbonyl (C=O) groups excluding carboxylic acids is 3. The molecule has 2 aromatic rings. The number of benzene rings is 2. The number of para-hydroxylation sites is 1. The van der Waals surface area contributed by atoms with Crippen molar-refractivity contribution in [1.29, 1.82) is 0 Å². The third kappa shape index (κ3) is 8.77. The summed E-state index contributed by atoms with van der Waals surface area (Å²) >= 11 is 0. The van der Waals surface area contributed by atoms with E-state index in [1.807, 2.05) is 45.0 Å². The molecule has 0 spiro atoms. The molecular weight excluding hydrogens is 434 g/mol. The molecule has 8 heteroatoms. The molecular formula is C26H35N3O5. The van der Waals surface area contributed by atoms with Crippen LogP contribution >= 0.6 is 0 Å². The molecule has 0 aromatic heterocycles. The van der Waals surface area contributed by atoms with E-state index in [4.69, 9.17) is 9.47 Å². The summed E-state index contributed by atoms with van der Waals surface area (Å²) in [6, 6.07) is 11.2. The zero-order chi connectivity index (χ0) is 25.3. The highest BCUT2D eigenvalue weighted by Crippen LogP contribution is 2.25. The van der Waals surface area contributed by atoms with Crippen molar-refractivity contribution in [1.82, 2.24) is 10.6 Å². The van der Waals surface area contributed by atoms with E-state index in [0.29, 0.717) is 5.69 Å². The van der Waals surface area contributed by atoms with Crippen LogP contribution in [0.4, 0.5) is 10.5 Å². The SMILES string of the molecule is Cc1ccc(C)c(OCC(=O)NCc2ccccc2NC(=O)CCNC(=O)OC(C)(C)C)c1C. The first kappa shape index (κ1) is 26.7. The monoisotopic (exact) mass is 469 g/mol. The van der Waals surface area contributed by atoms with E-state index in [9.17, 15) is 14.4 Å². The van der Waals surface area contributed by atoms with E-state index in [1.165, 1.54) is 0 Å². The number of nitrogens with one attached hydrogen (secondary N) is 3. The number of amides is 3. The maximum Gasteiger partial charge on any atom is 0.407 e. The maximum atomic E-state index is 12.4. The van der Waals surface area contributed by atoms with Crippen molar-refractivity contribution in [2.75, 3.05) is 18.5 Å². The normalized spacial score (nSPS) is 10.9. The van der Waals surface area contributed by atoms with Crippen LogP contribution in [0, 0.1) is 20.8 Å². The average molecular weight is 470 g/mol. The molecule has 2 aromatic carbocycles. The smallest absolute Gasteiger partial charge is 0.407 e. The quantitative estimate of drug-likeness (QED) is 0.511. The van der Waals surface area contributed by atoms with Crippen LogP contribution in [0.1, 0.15) is 49.4 Å². The minimum atomic E-state index is -0.599. The number of hydrogen-bond acceptors (Lipinski definition) is 5. The Morgan fingerprint density at radius 3 is 2.26 bits per heavy atom. The zero-order valence-corrected chi connectivity index (χ0v) is 20.8. The Morgan fingerprint density at radius 2 is 1.56 bits per heavy atom. The molecule has 0 saturated carbocycles. The summed E-state index contributed by atoms with van der Waals surface area (Å²) in [7, 11) is 0. The van der Waals surface area contributed by atoms with Crippen molar-refractivity contribution in [3.8, 4) is 5.75 Å². The molecule has 34 heavy (non-hydrogen) atoms. The van der Waals surface area contributed by atoms with E-state index in [-0.39, 0.29) is 37.9 Å². The second-order valence-corrected chi connectivity index (χ2v) is 9.10. The van der Waals surface area contributed by atoms with E-state index in [0.717, 1.165) is 28.0 Å². The number of rotatable bonds is 9. The van der Waals surface area contributed by atoms with E-state index in [1.54, 1.807) is 32.9 Å². The van der Waals surface area contributed by atoms with Gasteiger partial charge in [-0.15, -0.1) is 0 Å². The highest BCUT2D eigenvalue weighted by molar-refractivity contribution is 5.92. The summed E-state index contributed by atoms with van der Waals surface area (Å²) in [5.41, 5.74) is 3.85. The second-order valence-electron chi connectivity index (χ2n) is 9.10. The van der Waals surface area contributed by atoms with Gasteiger partial charge in [0.15, 0.2) is 6.61 Å². The van der Waals surface area contributed by atoms with Gasteiger partial charge in [0, 0.05) is 25.2 Å². The number of aryl methyl sites for hydroxylation is 2. The molecule has 0 bridgehead atoms. The van der Waals surface area contributed by atoms with Gasteiger partial charge in [-0.3, -0.25) is 9.59 Å². The van der Waals surface area contributed by atoms with Gasteiger partial charge in [0.25, 0.3) is 5.91 Å². The van der Waals surface area contributed by atoms with Crippen LogP contribution in [0.15, 0.2) is 36.4 Å². The van der Waals surface area contributed by atoms with Gasteiger partial charge >= 0.3 is 6.09 Å². The Balaban J connectivity index is 1.83. The second kappa shape index (κ2) is 12.1. The van der Waals surface area contributed by atoms with Gasteiger partial charge in [0.2, 0.25) is 5.91 Å². The molecule has 0 atom stereocenters. The van der Waals surface area contributed by atoms with Crippen LogP contribution in [0.3, 0.4) is 0 Å². The highest BCUT2D eigenvalue weighted by Gasteiger charge is 2.16. The van der Waals surface area contributed by atoms with Crippen molar-refractivity contribution >= 4 is 23.6 Å². The van der Waals surface area contributed by atoms with Gasteiger partial charge in [-0.05, 0) is 69.9 Å². The standard InChI is InChI=1S/C26H35N3O5/c1-17-11-12-18(2)24(19(17)3)33-16-23(31)28-15-20-9-7-8-10-21(20)29-22(30)13-14-27-25(32)34-26(4,5)6/h7-12H,13-16H2,1-6H3,(H,27,32)(H,28,31)(H,29,30). The number of alkyl carbamates (subject to hydrolysis) is 1. The van der Waals surface area contributed by atoms with E-state index >= 15 is 0 Å². The molecule has 0 fully saturated rings. The van der Waals surface area contributed by atoms with Crippen molar-refractivity contribution in [3.63, 3.8) is 0 Å². The molecule has 2 rings (SSSR count). The fourth-order valence-corrected chi connectivity index (χ4v) is 3.13. The fraction of sp³-hybridized carbons (Fsp3) is 0.423. The lowest BCUT2D eigenvalue weighted by molar-refractivity contribution is -0.123. The summed E-state index contributed by atoms with van der Waals surface area (Å²) < 4.78 is 10.9.